The maximum Gasteiger partial charge on any atom is 0.409 e. The highest BCUT2D eigenvalue weighted by molar-refractivity contribution is 5.98. The van der Waals surface area contributed by atoms with E-state index in [0.717, 1.165) is 25.0 Å². The van der Waals surface area contributed by atoms with Crippen LogP contribution in [0.25, 0.3) is 11.0 Å². The van der Waals surface area contributed by atoms with Gasteiger partial charge in [0.05, 0.1) is 17.5 Å². The molecule has 0 radical (unpaired) electrons. The van der Waals surface area contributed by atoms with Crippen LogP contribution in [0.1, 0.15) is 32.1 Å². The number of hydrogen-bond acceptors (Lipinski definition) is 7. The lowest BCUT2D eigenvalue weighted by molar-refractivity contribution is -0.130. The fourth-order valence-corrected chi connectivity index (χ4v) is 4.82. The molecule has 11 nitrogen and oxygen atoms in total. The fraction of sp³-hybridized carbons (Fsp3) is 0.591. The molecular weight excluding hydrogens is 428 g/mol. The minimum absolute atomic E-state index is 0.00894. The largest absolute Gasteiger partial charge is 0.447 e. The number of carbonyl (C=O) groups is 3. The first-order valence-corrected chi connectivity index (χ1v) is 11.5. The third-order valence-corrected chi connectivity index (χ3v) is 6.70. The van der Waals surface area contributed by atoms with Gasteiger partial charge in [0.2, 0.25) is 11.8 Å². The van der Waals surface area contributed by atoms with E-state index in [-0.39, 0.29) is 36.5 Å². The molecule has 0 spiro atoms. The molecule has 0 aliphatic carbocycles. The SMILES string of the molecule is O=C(Nc1ccc2[nH]nnc2c1)C1CC(=O)N(C2CCN(C(=O)OCC3CCCO3)CC2)C1. The Kier molecular flexibility index (Phi) is 6.12. The molecule has 1 aromatic heterocycles. The Labute approximate surface area is 190 Å². The highest BCUT2D eigenvalue weighted by Crippen LogP contribution is 2.27. The van der Waals surface area contributed by atoms with Crippen molar-refractivity contribution in [2.24, 2.45) is 5.92 Å². The molecule has 2 unspecified atom stereocenters. The normalized spacial score (nSPS) is 23.9. The summed E-state index contributed by atoms with van der Waals surface area (Å²) < 4.78 is 10.9. The zero-order valence-corrected chi connectivity index (χ0v) is 18.4. The number of carbonyl (C=O) groups excluding carboxylic acids is 3. The smallest absolute Gasteiger partial charge is 0.409 e. The predicted molar refractivity (Wildman–Crippen MR) is 117 cm³/mol. The van der Waals surface area contributed by atoms with Gasteiger partial charge in [-0.3, -0.25) is 14.7 Å². The van der Waals surface area contributed by atoms with E-state index in [1.54, 1.807) is 28.0 Å². The molecule has 176 valence electrons. The Balaban J connectivity index is 1.10. The molecule has 3 aliphatic heterocycles. The second-order valence-corrected chi connectivity index (χ2v) is 8.91. The number of aromatic nitrogens is 3. The zero-order chi connectivity index (χ0) is 22.8. The van der Waals surface area contributed by atoms with E-state index in [1.165, 1.54) is 0 Å². The van der Waals surface area contributed by atoms with Crippen LogP contribution in [0.15, 0.2) is 18.2 Å². The molecule has 3 fully saturated rings. The number of benzene rings is 1. The van der Waals surface area contributed by atoms with Crippen LogP contribution in [-0.2, 0) is 19.1 Å². The summed E-state index contributed by atoms with van der Waals surface area (Å²) in [5.41, 5.74) is 2.08. The lowest BCUT2D eigenvalue weighted by atomic mass is 10.0. The minimum atomic E-state index is -0.403. The third kappa shape index (κ3) is 4.77. The number of ether oxygens (including phenoxy) is 2. The van der Waals surface area contributed by atoms with Crippen LogP contribution in [0.3, 0.4) is 0 Å². The number of anilines is 1. The molecule has 11 heteroatoms. The molecule has 0 bridgehead atoms. The number of H-pyrrole nitrogens is 1. The van der Waals surface area contributed by atoms with Crippen LogP contribution < -0.4 is 5.32 Å². The van der Waals surface area contributed by atoms with Crippen molar-refractivity contribution in [3.05, 3.63) is 18.2 Å². The van der Waals surface area contributed by atoms with Crippen LogP contribution in [0.4, 0.5) is 10.5 Å². The summed E-state index contributed by atoms with van der Waals surface area (Å²) in [7, 11) is 0. The Morgan fingerprint density at radius 1 is 1.24 bits per heavy atom. The number of fused-ring (bicyclic) bond motifs is 1. The number of nitrogens with zero attached hydrogens (tertiary/aromatic N) is 4. The monoisotopic (exact) mass is 456 g/mol. The van der Waals surface area contributed by atoms with E-state index in [2.05, 4.69) is 20.7 Å². The summed E-state index contributed by atoms with van der Waals surface area (Å²) in [5.74, 6) is -0.592. The molecule has 5 rings (SSSR count). The maximum absolute atomic E-state index is 12.8. The quantitative estimate of drug-likeness (QED) is 0.698. The Bertz CT molecular complexity index is 1030. The molecule has 2 aromatic rings. The van der Waals surface area contributed by atoms with Crippen LogP contribution in [0.5, 0.6) is 0 Å². The Morgan fingerprint density at radius 2 is 2.09 bits per heavy atom. The highest BCUT2D eigenvalue weighted by atomic mass is 16.6. The van der Waals surface area contributed by atoms with Crippen LogP contribution >= 0.6 is 0 Å². The van der Waals surface area contributed by atoms with Gasteiger partial charge in [-0.2, -0.15) is 0 Å². The van der Waals surface area contributed by atoms with Crippen molar-refractivity contribution in [3.63, 3.8) is 0 Å². The number of rotatable bonds is 5. The predicted octanol–water partition coefficient (Wildman–Crippen LogP) is 1.52. The molecule has 1 aromatic carbocycles. The molecule has 2 N–H and O–H groups in total. The average Bonchev–Trinajstić information content (AvgIpc) is 3.58. The van der Waals surface area contributed by atoms with E-state index in [9.17, 15) is 14.4 Å². The van der Waals surface area contributed by atoms with Gasteiger partial charge in [-0.1, -0.05) is 5.21 Å². The zero-order valence-electron chi connectivity index (χ0n) is 18.4. The van der Waals surface area contributed by atoms with E-state index in [0.29, 0.717) is 50.3 Å². The number of piperidine rings is 1. The van der Waals surface area contributed by atoms with Gasteiger partial charge < -0.3 is 24.6 Å². The third-order valence-electron chi connectivity index (χ3n) is 6.70. The number of amides is 3. The molecule has 3 saturated heterocycles. The standard InChI is InChI=1S/C22H28N6O5/c29-20-10-14(21(30)23-15-3-4-18-19(11-15)25-26-24-18)12-28(20)16-5-7-27(8-6-16)22(31)33-13-17-2-1-9-32-17/h3-4,11,14,16-17H,1-2,5-10,12-13H2,(H,23,30)(H,24,25,26). The van der Waals surface area contributed by atoms with Crippen LogP contribution in [-0.4, -0.2) is 88.1 Å². The molecule has 0 saturated carbocycles. The van der Waals surface area contributed by atoms with Crippen LogP contribution in [0.2, 0.25) is 0 Å². The second-order valence-electron chi connectivity index (χ2n) is 8.91. The first-order valence-electron chi connectivity index (χ1n) is 11.5. The van der Waals surface area contributed by atoms with Gasteiger partial charge in [0, 0.05) is 44.4 Å². The summed E-state index contributed by atoms with van der Waals surface area (Å²) in [6, 6.07) is 5.36. The minimum Gasteiger partial charge on any atom is -0.447 e. The molecule has 2 atom stereocenters. The van der Waals surface area contributed by atoms with Crippen molar-refractivity contribution in [1.29, 1.82) is 0 Å². The van der Waals surface area contributed by atoms with Gasteiger partial charge in [-0.25, -0.2) is 4.79 Å². The maximum atomic E-state index is 12.8. The molecular formula is C22H28N6O5. The Hall–Kier alpha value is -3.21. The van der Waals surface area contributed by atoms with Crippen molar-refractivity contribution in [2.45, 2.75) is 44.2 Å². The Morgan fingerprint density at radius 3 is 2.88 bits per heavy atom. The molecule has 3 amide bonds. The number of aromatic amines is 1. The number of likely N-dealkylation sites (tertiary alicyclic amines) is 2. The van der Waals surface area contributed by atoms with Gasteiger partial charge in [-0.05, 0) is 43.9 Å². The summed E-state index contributed by atoms with van der Waals surface area (Å²) in [4.78, 5) is 41.2. The summed E-state index contributed by atoms with van der Waals surface area (Å²) >= 11 is 0. The summed E-state index contributed by atoms with van der Waals surface area (Å²) in [5, 5.41) is 13.4. The molecule has 3 aliphatic rings. The van der Waals surface area contributed by atoms with Crippen LogP contribution in [0, 0.1) is 5.92 Å². The van der Waals surface area contributed by atoms with Crippen molar-refractivity contribution in [2.75, 3.05) is 38.2 Å². The van der Waals surface area contributed by atoms with Crippen molar-refractivity contribution in [3.8, 4) is 0 Å². The summed E-state index contributed by atoms with van der Waals surface area (Å²) in [6.07, 6.45) is 3.17. The van der Waals surface area contributed by atoms with E-state index < -0.39 is 5.92 Å². The average molecular weight is 457 g/mol. The lowest BCUT2D eigenvalue weighted by Gasteiger charge is -2.36. The topological polar surface area (TPSA) is 130 Å². The van der Waals surface area contributed by atoms with Gasteiger partial charge in [0.25, 0.3) is 0 Å². The van der Waals surface area contributed by atoms with Crippen molar-refractivity contribution >= 4 is 34.6 Å². The fourth-order valence-electron chi connectivity index (χ4n) is 4.82. The second kappa shape index (κ2) is 9.34. The van der Waals surface area contributed by atoms with Crippen molar-refractivity contribution in [1.82, 2.24) is 25.2 Å². The van der Waals surface area contributed by atoms with E-state index in [4.69, 9.17) is 9.47 Å². The number of hydrogen-bond donors (Lipinski definition) is 2. The number of nitrogens with one attached hydrogen (secondary N) is 2. The molecule has 4 heterocycles. The molecule has 33 heavy (non-hydrogen) atoms. The van der Waals surface area contributed by atoms with Gasteiger partial charge in [-0.15, -0.1) is 5.10 Å². The lowest BCUT2D eigenvalue weighted by Crippen LogP contribution is -2.47. The van der Waals surface area contributed by atoms with Gasteiger partial charge in [0.15, 0.2) is 0 Å². The van der Waals surface area contributed by atoms with Gasteiger partial charge in [0.1, 0.15) is 12.1 Å². The first-order chi connectivity index (χ1) is 16.1. The van der Waals surface area contributed by atoms with Crippen molar-refractivity contribution < 1.29 is 23.9 Å². The summed E-state index contributed by atoms with van der Waals surface area (Å²) in [6.45, 7) is 2.49. The van der Waals surface area contributed by atoms with E-state index in [1.807, 2.05) is 0 Å². The highest BCUT2D eigenvalue weighted by Gasteiger charge is 2.39. The van der Waals surface area contributed by atoms with E-state index >= 15 is 0 Å². The first kappa shape index (κ1) is 21.6. The van der Waals surface area contributed by atoms with Gasteiger partial charge >= 0.3 is 6.09 Å².